The highest BCUT2D eigenvalue weighted by molar-refractivity contribution is 7.22. The summed E-state index contributed by atoms with van der Waals surface area (Å²) in [6, 6.07) is 9.39. The van der Waals surface area contributed by atoms with Crippen LogP contribution in [0.5, 0.6) is 0 Å². The molecule has 0 saturated carbocycles. The van der Waals surface area contributed by atoms with E-state index in [1.165, 1.54) is 35.6 Å². The number of thiazole rings is 1. The molecule has 1 aliphatic rings. The summed E-state index contributed by atoms with van der Waals surface area (Å²) in [5, 5.41) is 1.28. The summed E-state index contributed by atoms with van der Waals surface area (Å²) in [7, 11) is 0. The van der Waals surface area contributed by atoms with Crippen molar-refractivity contribution in [2.45, 2.75) is 13.3 Å². The van der Waals surface area contributed by atoms with Crippen LogP contribution in [0.4, 0.5) is 9.52 Å². The van der Waals surface area contributed by atoms with Crippen molar-refractivity contribution in [2.24, 2.45) is 0 Å². The number of hydrogen-bond donors (Lipinski definition) is 0. The molecule has 0 spiro atoms. The van der Waals surface area contributed by atoms with Crippen molar-refractivity contribution in [3.8, 4) is 0 Å². The van der Waals surface area contributed by atoms with Crippen molar-refractivity contribution in [3.05, 3.63) is 58.4 Å². The van der Waals surface area contributed by atoms with Crippen LogP contribution in [-0.4, -0.2) is 55.2 Å². The Balaban J connectivity index is 1.59. The van der Waals surface area contributed by atoms with Gasteiger partial charge in [-0.3, -0.25) is 14.6 Å². The van der Waals surface area contributed by atoms with Crippen molar-refractivity contribution in [3.63, 3.8) is 0 Å². The SMILES string of the molecule is Cc1cc(Cl)cc2sc(N(CCCN3CCOCC3)C(=O)c3ccc(F)cc3)nc12. The fourth-order valence-corrected chi connectivity index (χ4v) is 5.01. The minimum absolute atomic E-state index is 0.181. The van der Waals surface area contributed by atoms with Gasteiger partial charge in [0.1, 0.15) is 5.82 Å². The number of halogens is 2. The Morgan fingerprint density at radius 2 is 2.00 bits per heavy atom. The number of hydrogen-bond acceptors (Lipinski definition) is 5. The molecule has 0 N–H and O–H groups in total. The van der Waals surface area contributed by atoms with Gasteiger partial charge >= 0.3 is 0 Å². The minimum Gasteiger partial charge on any atom is -0.379 e. The van der Waals surface area contributed by atoms with Gasteiger partial charge in [-0.1, -0.05) is 22.9 Å². The van der Waals surface area contributed by atoms with Crippen LogP contribution in [0.2, 0.25) is 5.02 Å². The quantitative estimate of drug-likeness (QED) is 0.546. The van der Waals surface area contributed by atoms with E-state index in [4.69, 9.17) is 21.3 Å². The van der Waals surface area contributed by atoms with E-state index in [-0.39, 0.29) is 11.7 Å². The van der Waals surface area contributed by atoms with Gasteiger partial charge in [-0.25, -0.2) is 9.37 Å². The van der Waals surface area contributed by atoms with Crippen molar-refractivity contribution in [1.29, 1.82) is 0 Å². The molecule has 0 bridgehead atoms. The van der Waals surface area contributed by atoms with Gasteiger partial charge in [0.25, 0.3) is 5.91 Å². The van der Waals surface area contributed by atoms with Gasteiger partial charge in [-0.2, -0.15) is 0 Å². The fraction of sp³-hybridized carbons (Fsp3) is 0.364. The van der Waals surface area contributed by atoms with Gasteiger partial charge in [0, 0.05) is 36.8 Å². The Hall–Kier alpha value is -2.06. The Morgan fingerprint density at radius 1 is 1.27 bits per heavy atom. The van der Waals surface area contributed by atoms with Crippen molar-refractivity contribution in [1.82, 2.24) is 9.88 Å². The second-order valence-electron chi connectivity index (χ2n) is 7.34. The summed E-state index contributed by atoms with van der Waals surface area (Å²) in [6.07, 6.45) is 0.808. The van der Waals surface area contributed by atoms with Crippen LogP contribution in [0.15, 0.2) is 36.4 Å². The number of aromatic nitrogens is 1. The number of fused-ring (bicyclic) bond motifs is 1. The number of benzene rings is 2. The monoisotopic (exact) mass is 447 g/mol. The van der Waals surface area contributed by atoms with Crippen LogP contribution in [0, 0.1) is 12.7 Å². The van der Waals surface area contributed by atoms with Gasteiger partial charge in [-0.05, 0) is 55.3 Å². The highest BCUT2D eigenvalue weighted by atomic mass is 35.5. The lowest BCUT2D eigenvalue weighted by Crippen LogP contribution is -2.39. The maximum atomic E-state index is 13.3. The maximum absolute atomic E-state index is 13.3. The Bertz CT molecular complexity index is 1030. The topological polar surface area (TPSA) is 45.7 Å². The number of ether oxygens (including phenoxy) is 1. The zero-order valence-electron chi connectivity index (χ0n) is 16.7. The number of aryl methyl sites for hydroxylation is 1. The van der Waals surface area contributed by atoms with Crippen molar-refractivity contribution >= 4 is 44.2 Å². The highest BCUT2D eigenvalue weighted by Gasteiger charge is 2.22. The zero-order valence-corrected chi connectivity index (χ0v) is 18.3. The first kappa shape index (κ1) is 21.2. The summed E-state index contributed by atoms with van der Waals surface area (Å²) in [6.45, 7) is 6.68. The minimum atomic E-state index is -0.365. The molecule has 0 radical (unpaired) electrons. The lowest BCUT2D eigenvalue weighted by atomic mass is 10.2. The predicted molar refractivity (Wildman–Crippen MR) is 119 cm³/mol. The molecule has 0 atom stereocenters. The number of anilines is 1. The first-order valence-electron chi connectivity index (χ1n) is 9.95. The summed E-state index contributed by atoms with van der Waals surface area (Å²) in [5.74, 6) is -0.546. The number of amides is 1. The third-order valence-corrected chi connectivity index (χ3v) is 6.41. The fourth-order valence-electron chi connectivity index (χ4n) is 3.57. The van der Waals surface area contributed by atoms with Crippen LogP contribution in [0.25, 0.3) is 10.2 Å². The number of rotatable bonds is 6. The van der Waals surface area contributed by atoms with E-state index in [0.717, 1.165) is 55.0 Å². The second-order valence-corrected chi connectivity index (χ2v) is 8.78. The van der Waals surface area contributed by atoms with E-state index >= 15 is 0 Å². The molecule has 1 aliphatic heterocycles. The smallest absolute Gasteiger partial charge is 0.260 e. The molecule has 2 heterocycles. The van der Waals surface area contributed by atoms with Crippen molar-refractivity contribution in [2.75, 3.05) is 44.3 Å². The van der Waals surface area contributed by atoms with E-state index in [9.17, 15) is 9.18 Å². The van der Waals surface area contributed by atoms with Crippen LogP contribution >= 0.6 is 22.9 Å². The van der Waals surface area contributed by atoms with Gasteiger partial charge < -0.3 is 4.74 Å². The van der Waals surface area contributed by atoms with E-state index in [0.29, 0.717) is 22.3 Å². The molecule has 30 heavy (non-hydrogen) atoms. The molecule has 3 aromatic rings. The summed E-state index contributed by atoms with van der Waals surface area (Å²) >= 11 is 7.65. The first-order chi connectivity index (χ1) is 14.5. The molecule has 0 aliphatic carbocycles. The lowest BCUT2D eigenvalue weighted by Gasteiger charge is -2.27. The third kappa shape index (κ3) is 4.81. The van der Waals surface area contributed by atoms with Crippen LogP contribution in [-0.2, 0) is 4.74 Å². The first-order valence-corrected chi connectivity index (χ1v) is 11.1. The largest absolute Gasteiger partial charge is 0.379 e. The standard InChI is InChI=1S/C22H23ClFN3O2S/c1-15-13-17(23)14-19-20(15)25-22(30-19)27(8-2-7-26-9-11-29-12-10-26)21(28)16-3-5-18(24)6-4-16/h3-6,13-14H,2,7-12H2,1H3. The molecule has 2 aromatic carbocycles. The molecule has 1 fully saturated rings. The second kappa shape index (κ2) is 9.39. The average molecular weight is 448 g/mol. The summed E-state index contributed by atoms with van der Waals surface area (Å²) < 4.78 is 19.7. The van der Waals surface area contributed by atoms with Gasteiger partial charge in [0.05, 0.1) is 23.4 Å². The molecule has 158 valence electrons. The molecule has 1 aromatic heterocycles. The Kier molecular flexibility index (Phi) is 6.63. The molecule has 8 heteroatoms. The van der Waals surface area contributed by atoms with Crippen LogP contribution < -0.4 is 4.90 Å². The van der Waals surface area contributed by atoms with E-state index < -0.39 is 0 Å². The number of nitrogens with zero attached hydrogens (tertiary/aromatic N) is 3. The number of morpholine rings is 1. The third-order valence-electron chi connectivity index (χ3n) is 5.17. The van der Waals surface area contributed by atoms with Crippen LogP contribution in [0.3, 0.4) is 0 Å². The van der Waals surface area contributed by atoms with Gasteiger partial charge in [0.2, 0.25) is 0 Å². The van der Waals surface area contributed by atoms with E-state index in [2.05, 4.69) is 4.90 Å². The van der Waals surface area contributed by atoms with Gasteiger partial charge in [-0.15, -0.1) is 0 Å². The highest BCUT2D eigenvalue weighted by Crippen LogP contribution is 2.33. The van der Waals surface area contributed by atoms with Crippen molar-refractivity contribution < 1.29 is 13.9 Å². The van der Waals surface area contributed by atoms with Crippen LogP contribution in [0.1, 0.15) is 22.3 Å². The summed E-state index contributed by atoms with van der Waals surface area (Å²) in [4.78, 5) is 22.1. The number of carbonyl (C=O) groups excluding carboxylic acids is 1. The number of carbonyl (C=O) groups is 1. The predicted octanol–water partition coefficient (Wildman–Crippen LogP) is 4.77. The lowest BCUT2D eigenvalue weighted by molar-refractivity contribution is 0.0376. The molecule has 5 nitrogen and oxygen atoms in total. The molecule has 4 rings (SSSR count). The Labute approximate surface area is 184 Å². The zero-order chi connectivity index (χ0) is 21.1. The molecule has 1 amide bonds. The summed E-state index contributed by atoms with van der Waals surface area (Å²) in [5.41, 5.74) is 2.27. The molecule has 0 unspecified atom stereocenters. The average Bonchev–Trinajstić information content (AvgIpc) is 3.16. The normalized spacial score (nSPS) is 14.9. The van der Waals surface area contributed by atoms with E-state index in [1.54, 1.807) is 4.90 Å². The molecule has 1 saturated heterocycles. The van der Waals surface area contributed by atoms with Gasteiger partial charge in [0.15, 0.2) is 5.13 Å². The molecular weight excluding hydrogens is 425 g/mol. The van der Waals surface area contributed by atoms with E-state index in [1.807, 2.05) is 19.1 Å². The Morgan fingerprint density at radius 3 is 2.73 bits per heavy atom. The maximum Gasteiger partial charge on any atom is 0.260 e. The molecular formula is C22H23ClFN3O2S.